The molecule has 0 saturated carbocycles. The molecule has 1 heterocycles. The lowest BCUT2D eigenvalue weighted by molar-refractivity contribution is 0.174. The van der Waals surface area contributed by atoms with Gasteiger partial charge >= 0.3 is 0 Å². The summed E-state index contributed by atoms with van der Waals surface area (Å²) < 4.78 is 22.1. The number of nitrogens with one attached hydrogen (secondary N) is 1. The fourth-order valence-electron chi connectivity index (χ4n) is 2.67. The van der Waals surface area contributed by atoms with Crippen LogP contribution in [0, 0.1) is 0 Å². The van der Waals surface area contributed by atoms with E-state index in [4.69, 9.17) is 30.5 Å². The predicted molar refractivity (Wildman–Crippen MR) is 96.9 cm³/mol. The fraction of sp³-hybridized carbons (Fsp3) is 0.368. The second-order valence-corrected chi connectivity index (χ2v) is 6.49. The second kappa shape index (κ2) is 7.85. The molecule has 0 aromatic heterocycles. The number of fused-ring (bicyclic) bond motifs is 1. The molecule has 0 fully saturated rings. The van der Waals surface area contributed by atoms with Crippen molar-refractivity contribution in [1.82, 2.24) is 5.32 Å². The Morgan fingerprint density at radius 1 is 1.12 bits per heavy atom. The molecular formula is C19H22ClNO4. The summed E-state index contributed by atoms with van der Waals surface area (Å²) in [4.78, 5) is 0. The maximum Gasteiger partial charge on any atom is 0.231 e. The standard InChI is InChI=1S/C19H22ClNO4/c1-12(2)25-19-14(7-15(20)8-18(19)22-3)10-21-9-13-4-5-16-17(6-13)24-11-23-16/h4-8,12,21H,9-11H2,1-3H3. The molecule has 0 aliphatic carbocycles. The van der Waals surface area contributed by atoms with Crippen LogP contribution in [0.4, 0.5) is 0 Å². The molecule has 0 radical (unpaired) electrons. The predicted octanol–water partition coefficient (Wildman–Crippen LogP) is 4.15. The molecule has 0 spiro atoms. The van der Waals surface area contributed by atoms with Crippen LogP contribution in [0.3, 0.4) is 0 Å². The van der Waals surface area contributed by atoms with Crippen molar-refractivity contribution in [1.29, 1.82) is 0 Å². The van der Waals surface area contributed by atoms with Crippen LogP contribution in [-0.4, -0.2) is 20.0 Å². The molecule has 1 aliphatic rings. The van der Waals surface area contributed by atoms with E-state index >= 15 is 0 Å². The Balaban J connectivity index is 1.70. The second-order valence-electron chi connectivity index (χ2n) is 6.05. The minimum absolute atomic E-state index is 0.0442. The zero-order valence-electron chi connectivity index (χ0n) is 14.6. The smallest absolute Gasteiger partial charge is 0.231 e. The molecule has 134 valence electrons. The first-order valence-electron chi connectivity index (χ1n) is 8.19. The largest absolute Gasteiger partial charge is 0.493 e. The average molecular weight is 364 g/mol. The summed E-state index contributed by atoms with van der Waals surface area (Å²) in [5.41, 5.74) is 2.07. The van der Waals surface area contributed by atoms with E-state index in [9.17, 15) is 0 Å². The van der Waals surface area contributed by atoms with Gasteiger partial charge < -0.3 is 24.3 Å². The van der Waals surface area contributed by atoms with Gasteiger partial charge in [-0.2, -0.15) is 0 Å². The van der Waals surface area contributed by atoms with Crippen molar-refractivity contribution < 1.29 is 18.9 Å². The molecule has 5 nitrogen and oxygen atoms in total. The molecule has 6 heteroatoms. The molecule has 25 heavy (non-hydrogen) atoms. The molecule has 2 aromatic carbocycles. The van der Waals surface area contributed by atoms with Gasteiger partial charge in [-0.3, -0.25) is 0 Å². The van der Waals surface area contributed by atoms with E-state index in [2.05, 4.69) is 5.32 Å². The molecular weight excluding hydrogens is 342 g/mol. The summed E-state index contributed by atoms with van der Waals surface area (Å²) in [6.45, 7) is 5.54. The fourth-order valence-corrected chi connectivity index (χ4v) is 2.90. The van der Waals surface area contributed by atoms with Crippen molar-refractivity contribution in [3.8, 4) is 23.0 Å². The van der Waals surface area contributed by atoms with E-state index in [1.165, 1.54) is 0 Å². The Kier molecular flexibility index (Phi) is 5.56. The highest BCUT2D eigenvalue weighted by atomic mass is 35.5. The number of rotatable bonds is 7. The Labute approximate surface area is 152 Å². The normalized spacial score (nSPS) is 12.5. The highest BCUT2D eigenvalue weighted by molar-refractivity contribution is 6.30. The minimum Gasteiger partial charge on any atom is -0.493 e. The summed E-state index contributed by atoms with van der Waals surface area (Å²) in [7, 11) is 1.61. The summed E-state index contributed by atoms with van der Waals surface area (Å²) in [5, 5.41) is 4.03. The van der Waals surface area contributed by atoms with Crippen LogP contribution in [0.25, 0.3) is 0 Å². The molecule has 1 N–H and O–H groups in total. The van der Waals surface area contributed by atoms with Crippen molar-refractivity contribution in [3.05, 3.63) is 46.5 Å². The maximum absolute atomic E-state index is 6.20. The number of hydrogen-bond donors (Lipinski definition) is 1. The average Bonchev–Trinajstić information content (AvgIpc) is 3.04. The van der Waals surface area contributed by atoms with Crippen LogP contribution in [0.2, 0.25) is 5.02 Å². The van der Waals surface area contributed by atoms with Crippen LogP contribution in [0.15, 0.2) is 30.3 Å². The van der Waals surface area contributed by atoms with Gasteiger partial charge in [-0.05, 0) is 37.6 Å². The van der Waals surface area contributed by atoms with Gasteiger partial charge in [0.2, 0.25) is 6.79 Å². The van der Waals surface area contributed by atoms with Gasteiger partial charge in [0.05, 0.1) is 13.2 Å². The summed E-state index contributed by atoms with van der Waals surface area (Å²) in [6, 6.07) is 9.59. The Morgan fingerprint density at radius 2 is 1.92 bits per heavy atom. The lowest BCUT2D eigenvalue weighted by atomic mass is 10.1. The van der Waals surface area contributed by atoms with E-state index in [-0.39, 0.29) is 12.9 Å². The molecule has 0 saturated heterocycles. The molecule has 0 unspecified atom stereocenters. The summed E-state index contributed by atoms with van der Waals surface area (Å²) in [5.74, 6) is 2.93. The first-order chi connectivity index (χ1) is 12.1. The summed E-state index contributed by atoms with van der Waals surface area (Å²) >= 11 is 6.20. The molecule has 0 bridgehead atoms. The SMILES string of the molecule is COc1cc(Cl)cc(CNCc2ccc3c(c2)OCO3)c1OC(C)C. The highest BCUT2D eigenvalue weighted by Crippen LogP contribution is 2.36. The van der Waals surface area contributed by atoms with Gasteiger partial charge in [0.15, 0.2) is 23.0 Å². The van der Waals surface area contributed by atoms with E-state index in [1.54, 1.807) is 13.2 Å². The number of halogens is 1. The van der Waals surface area contributed by atoms with Gasteiger partial charge in [-0.15, -0.1) is 0 Å². The number of benzene rings is 2. The Bertz CT molecular complexity index is 748. The van der Waals surface area contributed by atoms with E-state index in [0.29, 0.717) is 23.9 Å². The van der Waals surface area contributed by atoms with Gasteiger partial charge in [0.1, 0.15) is 0 Å². The van der Waals surface area contributed by atoms with Crippen LogP contribution in [0.1, 0.15) is 25.0 Å². The minimum atomic E-state index is 0.0442. The number of ether oxygens (including phenoxy) is 4. The van der Waals surface area contributed by atoms with E-state index < -0.39 is 0 Å². The number of hydrogen-bond acceptors (Lipinski definition) is 5. The Hall–Kier alpha value is -2.11. The lowest BCUT2D eigenvalue weighted by Gasteiger charge is -2.18. The van der Waals surface area contributed by atoms with Crippen LogP contribution < -0.4 is 24.3 Å². The number of methoxy groups -OCH3 is 1. The van der Waals surface area contributed by atoms with Crippen LogP contribution in [0.5, 0.6) is 23.0 Å². The third-order valence-electron chi connectivity index (χ3n) is 3.75. The van der Waals surface area contributed by atoms with Crippen molar-refractivity contribution in [2.45, 2.75) is 33.0 Å². The molecule has 1 aliphatic heterocycles. The summed E-state index contributed by atoms with van der Waals surface area (Å²) in [6.07, 6.45) is 0.0442. The Morgan fingerprint density at radius 3 is 2.68 bits per heavy atom. The zero-order valence-corrected chi connectivity index (χ0v) is 15.4. The lowest BCUT2D eigenvalue weighted by Crippen LogP contribution is -2.15. The molecule has 2 aromatic rings. The van der Waals surface area contributed by atoms with Gasteiger partial charge in [0.25, 0.3) is 0 Å². The first-order valence-corrected chi connectivity index (χ1v) is 8.57. The molecule has 3 rings (SSSR count). The van der Waals surface area contributed by atoms with Crippen molar-refractivity contribution in [2.75, 3.05) is 13.9 Å². The van der Waals surface area contributed by atoms with Crippen molar-refractivity contribution >= 4 is 11.6 Å². The molecule has 0 atom stereocenters. The van der Waals surface area contributed by atoms with Crippen LogP contribution in [-0.2, 0) is 13.1 Å². The van der Waals surface area contributed by atoms with Gasteiger partial charge in [0, 0.05) is 29.7 Å². The molecule has 0 amide bonds. The maximum atomic E-state index is 6.20. The third kappa shape index (κ3) is 4.30. The van der Waals surface area contributed by atoms with Crippen molar-refractivity contribution in [2.24, 2.45) is 0 Å². The third-order valence-corrected chi connectivity index (χ3v) is 3.97. The quantitative estimate of drug-likeness (QED) is 0.800. The monoisotopic (exact) mass is 363 g/mol. The van der Waals surface area contributed by atoms with E-state index in [1.807, 2.05) is 38.1 Å². The highest BCUT2D eigenvalue weighted by Gasteiger charge is 2.15. The van der Waals surface area contributed by atoms with Crippen molar-refractivity contribution in [3.63, 3.8) is 0 Å². The first kappa shape index (κ1) is 17.7. The zero-order chi connectivity index (χ0) is 17.8. The van der Waals surface area contributed by atoms with Gasteiger partial charge in [-0.25, -0.2) is 0 Å². The van der Waals surface area contributed by atoms with Gasteiger partial charge in [-0.1, -0.05) is 17.7 Å². The topological polar surface area (TPSA) is 49.0 Å². The van der Waals surface area contributed by atoms with Crippen LogP contribution >= 0.6 is 11.6 Å². The van der Waals surface area contributed by atoms with E-state index in [0.717, 1.165) is 28.4 Å².